The third kappa shape index (κ3) is 4.63. The number of anilines is 1. The van der Waals surface area contributed by atoms with E-state index in [2.05, 4.69) is 30.5 Å². The molecule has 4 rings (SSSR count). The Balaban J connectivity index is 1.52. The van der Waals surface area contributed by atoms with Crippen molar-refractivity contribution in [3.8, 4) is 16.9 Å². The number of alkyl carbamates (subject to hydrolysis) is 1. The fourth-order valence-corrected chi connectivity index (χ4v) is 3.79. The van der Waals surface area contributed by atoms with E-state index in [0.717, 1.165) is 33.8 Å². The molecular formula is C25H27N3O3. The minimum atomic E-state index is -0.443. The summed E-state index contributed by atoms with van der Waals surface area (Å²) in [7, 11) is 1.65. The first-order chi connectivity index (χ1) is 15.0. The molecule has 0 saturated heterocycles. The SMILES string of the molecule is COc1ccc(-c2cnc3c(c2)N[C@@H](C)[C@H](C)[C@H]3NC(=O)OCc2ccccc2)cc1. The van der Waals surface area contributed by atoms with Gasteiger partial charge in [0.25, 0.3) is 0 Å². The summed E-state index contributed by atoms with van der Waals surface area (Å²) < 4.78 is 10.7. The Labute approximate surface area is 182 Å². The van der Waals surface area contributed by atoms with Gasteiger partial charge < -0.3 is 20.1 Å². The van der Waals surface area contributed by atoms with Gasteiger partial charge in [-0.25, -0.2) is 4.79 Å². The summed E-state index contributed by atoms with van der Waals surface area (Å²) in [6, 6.07) is 19.5. The first-order valence-electron chi connectivity index (χ1n) is 10.4. The highest BCUT2D eigenvalue weighted by Crippen LogP contribution is 2.37. The second kappa shape index (κ2) is 9.08. The lowest BCUT2D eigenvalue weighted by Gasteiger charge is -2.36. The molecule has 6 nitrogen and oxygen atoms in total. The van der Waals surface area contributed by atoms with Crippen molar-refractivity contribution in [3.63, 3.8) is 0 Å². The molecule has 0 aliphatic carbocycles. The number of methoxy groups -OCH3 is 1. The summed E-state index contributed by atoms with van der Waals surface area (Å²) in [5.74, 6) is 0.963. The minimum Gasteiger partial charge on any atom is -0.497 e. The van der Waals surface area contributed by atoms with Crippen LogP contribution in [0.4, 0.5) is 10.5 Å². The zero-order valence-corrected chi connectivity index (χ0v) is 18.0. The van der Waals surface area contributed by atoms with Gasteiger partial charge in [0.1, 0.15) is 12.4 Å². The zero-order chi connectivity index (χ0) is 21.8. The van der Waals surface area contributed by atoms with Crippen molar-refractivity contribution in [2.45, 2.75) is 32.5 Å². The van der Waals surface area contributed by atoms with E-state index in [1.165, 1.54) is 0 Å². The summed E-state index contributed by atoms with van der Waals surface area (Å²) in [6.45, 7) is 4.44. The van der Waals surface area contributed by atoms with Crippen molar-refractivity contribution in [3.05, 3.63) is 78.1 Å². The number of hydrogen-bond donors (Lipinski definition) is 2. The van der Waals surface area contributed by atoms with Gasteiger partial charge >= 0.3 is 6.09 Å². The zero-order valence-electron chi connectivity index (χ0n) is 18.0. The van der Waals surface area contributed by atoms with E-state index in [1.807, 2.05) is 60.8 Å². The Hall–Kier alpha value is -3.54. The fraction of sp³-hybridized carbons (Fsp3) is 0.280. The monoisotopic (exact) mass is 417 g/mol. The van der Waals surface area contributed by atoms with Crippen LogP contribution in [0.5, 0.6) is 5.75 Å². The number of benzene rings is 2. The Morgan fingerprint density at radius 3 is 2.52 bits per heavy atom. The molecule has 2 N–H and O–H groups in total. The lowest BCUT2D eigenvalue weighted by Crippen LogP contribution is -2.43. The molecule has 6 heteroatoms. The normalized spacial score (nSPS) is 19.6. The molecule has 0 saturated carbocycles. The Kier molecular flexibility index (Phi) is 6.07. The maximum absolute atomic E-state index is 12.5. The van der Waals surface area contributed by atoms with Gasteiger partial charge in [-0.1, -0.05) is 49.4 Å². The molecule has 3 aromatic rings. The van der Waals surface area contributed by atoms with E-state index in [0.29, 0.717) is 0 Å². The molecule has 160 valence electrons. The number of amides is 1. The molecule has 1 aliphatic rings. The van der Waals surface area contributed by atoms with E-state index in [4.69, 9.17) is 14.5 Å². The second-order valence-electron chi connectivity index (χ2n) is 7.86. The second-order valence-corrected chi connectivity index (χ2v) is 7.86. The largest absolute Gasteiger partial charge is 0.497 e. The molecule has 0 fully saturated rings. The van der Waals surface area contributed by atoms with Gasteiger partial charge in [0.15, 0.2) is 0 Å². The van der Waals surface area contributed by atoms with E-state index >= 15 is 0 Å². The van der Waals surface area contributed by atoms with Crippen LogP contribution in [0, 0.1) is 5.92 Å². The van der Waals surface area contributed by atoms with Crippen LogP contribution >= 0.6 is 0 Å². The van der Waals surface area contributed by atoms with Crippen LogP contribution in [-0.4, -0.2) is 24.2 Å². The molecule has 0 bridgehead atoms. The number of pyridine rings is 1. The number of fused-ring (bicyclic) bond motifs is 1. The van der Waals surface area contributed by atoms with Gasteiger partial charge in [-0.2, -0.15) is 0 Å². The number of nitrogens with zero attached hydrogens (tertiary/aromatic N) is 1. The van der Waals surface area contributed by atoms with E-state index in [-0.39, 0.29) is 24.6 Å². The number of carbonyl (C=O) groups excluding carboxylic acids is 1. The summed E-state index contributed by atoms with van der Waals surface area (Å²) in [4.78, 5) is 17.2. The molecule has 1 aliphatic heterocycles. The molecule has 31 heavy (non-hydrogen) atoms. The fourth-order valence-electron chi connectivity index (χ4n) is 3.79. The predicted molar refractivity (Wildman–Crippen MR) is 121 cm³/mol. The molecule has 1 aromatic heterocycles. The van der Waals surface area contributed by atoms with E-state index < -0.39 is 6.09 Å². The average molecular weight is 418 g/mol. The van der Waals surface area contributed by atoms with Crippen LogP contribution in [0.2, 0.25) is 0 Å². The van der Waals surface area contributed by atoms with Crippen LogP contribution < -0.4 is 15.4 Å². The smallest absolute Gasteiger partial charge is 0.408 e. The molecule has 0 unspecified atom stereocenters. The van der Waals surface area contributed by atoms with Crippen LogP contribution in [0.3, 0.4) is 0 Å². The predicted octanol–water partition coefficient (Wildman–Crippen LogP) is 5.17. The third-order valence-corrected chi connectivity index (χ3v) is 5.82. The number of nitrogens with one attached hydrogen (secondary N) is 2. The van der Waals surface area contributed by atoms with Crippen molar-refractivity contribution in [1.82, 2.24) is 10.3 Å². The summed E-state index contributed by atoms with van der Waals surface area (Å²) >= 11 is 0. The van der Waals surface area contributed by atoms with Crippen molar-refractivity contribution in [2.24, 2.45) is 5.92 Å². The number of aromatic nitrogens is 1. The third-order valence-electron chi connectivity index (χ3n) is 5.82. The van der Waals surface area contributed by atoms with Crippen molar-refractivity contribution >= 4 is 11.8 Å². The van der Waals surface area contributed by atoms with Gasteiger partial charge in [-0.3, -0.25) is 4.98 Å². The van der Waals surface area contributed by atoms with Crippen LogP contribution in [0.15, 0.2) is 66.9 Å². The van der Waals surface area contributed by atoms with Crippen LogP contribution in [-0.2, 0) is 11.3 Å². The molecule has 0 radical (unpaired) electrons. The molecule has 2 heterocycles. The Bertz CT molecular complexity index is 1040. The average Bonchev–Trinajstić information content (AvgIpc) is 2.81. The number of rotatable bonds is 5. The highest BCUT2D eigenvalue weighted by molar-refractivity contribution is 5.72. The van der Waals surface area contributed by atoms with Gasteiger partial charge in [0.05, 0.1) is 24.5 Å². The van der Waals surface area contributed by atoms with Gasteiger partial charge in [0, 0.05) is 23.7 Å². The number of carbonyl (C=O) groups is 1. The van der Waals surface area contributed by atoms with Gasteiger partial charge in [-0.15, -0.1) is 0 Å². The topological polar surface area (TPSA) is 72.5 Å². The molecule has 2 aromatic carbocycles. The minimum absolute atomic E-state index is 0.149. The molecule has 1 amide bonds. The Morgan fingerprint density at radius 2 is 1.81 bits per heavy atom. The van der Waals surface area contributed by atoms with Crippen molar-refractivity contribution in [1.29, 1.82) is 0 Å². The summed E-state index contributed by atoms with van der Waals surface area (Å²) in [6.07, 6.45) is 1.40. The maximum atomic E-state index is 12.5. The molecule has 3 atom stereocenters. The van der Waals surface area contributed by atoms with Crippen LogP contribution in [0.25, 0.3) is 11.1 Å². The Morgan fingerprint density at radius 1 is 1.06 bits per heavy atom. The first-order valence-corrected chi connectivity index (χ1v) is 10.4. The maximum Gasteiger partial charge on any atom is 0.408 e. The lowest BCUT2D eigenvalue weighted by atomic mass is 9.87. The quantitative estimate of drug-likeness (QED) is 0.599. The van der Waals surface area contributed by atoms with Crippen molar-refractivity contribution < 1.29 is 14.3 Å². The van der Waals surface area contributed by atoms with Crippen molar-refractivity contribution in [2.75, 3.05) is 12.4 Å². The number of hydrogen-bond acceptors (Lipinski definition) is 5. The first kappa shape index (κ1) is 20.7. The highest BCUT2D eigenvalue weighted by atomic mass is 16.5. The van der Waals surface area contributed by atoms with Gasteiger partial charge in [0.2, 0.25) is 0 Å². The lowest BCUT2D eigenvalue weighted by molar-refractivity contribution is 0.130. The molecule has 0 spiro atoms. The standard InChI is InChI=1S/C25H27N3O3/c1-16-17(2)27-22-13-20(19-9-11-21(30-3)12-10-19)14-26-24(22)23(16)28-25(29)31-15-18-7-5-4-6-8-18/h4-14,16-17,23,27H,15H2,1-3H3,(H,28,29)/t16-,17-,23+/m0/s1. The van der Waals surface area contributed by atoms with Gasteiger partial charge in [-0.05, 0) is 36.2 Å². The number of ether oxygens (including phenoxy) is 2. The summed E-state index contributed by atoms with van der Waals surface area (Å²) in [5.41, 5.74) is 4.75. The van der Waals surface area contributed by atoms with Crippen LogP contribution in [0.1, 0.15) is 31.1 Å². The van der Waals surface area contributed by atoms with E-state index in [1.54, 1.807) is 7.11 Å². The van der Waals surface area contributed by atoms with E-state index in [9.17, 15) is 4.79 Å². The summed E-state index contributed by atoms with van der Waals surface area (Å²) in [5, 5.41) is 6.54. The molecular weight excluding hydrogens is 390 g/mol. The highest BCUT2D eigenvalue weighted by Gasteiger charge is 2.34.